The maximum atomic E-state index is 11.9. The van der Waals surface area contributed by atoms with Gasteiger partial charge in [-0.05, 0) is 44.4 Å². The van der Waals surface area contributed by atoms with E-state index in [1.807, 2.05) is 0 Å². The summed E-state index contributed by atoms with van der Waals surface area (Å²) < 4.78 is 10.1. The highest BCUT2D eigenvalue weighted by molar-refractivity contribution is 5.82. The Labute approximate surface area is 162 Å². The van der Waals surface area contributed by atoms with E-state index >= 15 is 0 Å². The molecule has 4 nitrogen and oxygen atoms in total. The number of hydrogen-bond donors (Lipinski definition) is 0. The maximum absolute atomic E-state index is 11.9. The van der Waals surface area contributed by atoms with Gasteiger partial charge in [-0.25, -0.2) is 0 Å². The van der Waals surface area contributed by atoms with E-state index in [-0.39, 0.29) is 6.61 Å². The lowest BCUT2D eigenvalue weighted by atomic mass is 9.77. The number of carbonyl (C=O) groups is 2. The Kier molecular flexibility index (Phi) is 8.23. The van der Waals surface area contributed by atoms with Gasteiger partial charge in [0.2, 0.25) is 0 Å². The number of rotatable bonds is 3. The van der Waals surface area contributed by atoms with Crippen molar-refractivity contribution in [2.24, 2.45) is 5.92 Å². The average molecular weight is 370 g/mol. The van der Waals surface area contributed by atoms with Gasteiger partial charge < -0.3 is 9.47 Å². The zero-order valence-corrected chi connectivity index (χ0v) is 17.1. The Hall–Kier alpha value is -2.62. The van der Waals surface area contributed by atoms with Crippen molar-refractivity contribution in [3.05, 3.63) is 71.3 Å². The van der Waals surface area contributed by atoms with Crippen LogP contribution in [0.1, 0.15) is 37.0 Å². The number of ether oxygens (including phenoxy) is 2. The van der Waals surface area contributed by atoms with E-state index in [4.69, 9.17) is 9.47 Å². The monoisotopic (exact) mass is 370 g/mol. The van der Waals surface area contributed by atoms with Gasteiger partial charge >= 0.3 is 11.9 Å². The molecule has 27 heavy (non-hydrogen) atoms. The van der Waals surface area contributed by atoms with Crippen molar-refractivity contribution in [2.45, 2.75) is 47.1 Å². The summed E-state index contributed by atoms with van der Waals surface area (Å²) in [5, 5.41) is 0. The lowest BCUT2D eigenvalue weighted by molar-refractivity contribution is -0.150. The lowest BCUT2D eigenvalue weighted by Gasteiger charge is -2.33. The van der Waals surface area contributed by atoms with Crippen molar-refractivity contribution in [1.29, 1.82) is 0 Å². The second kappa shape index (κ2) is 9.91. The molecule has 2 rings (SSSR count). The molecule has 0 aliphatic heterocycles. The molecule has 1 saturated carbocycles. The van der Waals surface area contributed by atoms with Crippen molar-refractivity contribution in [3.8, 4) is 0 Å². The molecule has 4 heteroatoms. The normalized spacial score (nSPS) is 19.1. The quantitative estimate of drug-likeness (QED) is 0.567. The van der Waals surface area contributed by atoms with Crippen LogP contribution in [0.4, 0.5) is 0 Å². The van der Waals surface area contributed by atoms with Crippen LogP contribution in [-0.4, -0.2) is 24.6 Å². The molecule has 1 aliphatic rings. The summed E-state index contributed by atoms with van der Waals surface area (Å²) in [5.41, 5.74) is 5.84. The van der Waals surface area contributed by atoms with E-state index in [0.29, 0.717) is 23.1 Å². The van der Waals surface area contributed by atoms with Crippen LogP contribution in [0.25, 0.3) is 0 Å². The van der Waals surface area contributed by atoms with Crippen LogP contribution in [0.3, 0.4) is 0 Å². The molecule has 0 N–H and O–H groups in total. The van der Waals surface area contributed by atoms with Crippen molar-refractivity contribution in [1.82, 2.24) is 0 Å². The fraction of sp³-hybridized carbons (Fsp3) is 0.391. The van der Waals surface area contributed by atoms with Crippen molar-refractivity contribution in [3.63, 3.8) is 0 Å². The first-order chi connectivity index (χ1) is 12.6. The minimum atomic E-state index is -0.671. The minimum Gasteiger partial charge on any atom is -0.465 e. The third kappa shape index (κ3) is 6.55. The van der Waals surface area contributed by atoms with Gasteiger partial charge in [-0.15, -0.1) is 0 Å². The molecule has 0 radical (unpaired) electrons. The van der Waals surface area contributed by atoms with Crippen molar-refractivity contribution < 1.29 is 19.1 Å². The molecule has 0 bridgehead atoms. The molecule has 0 aromatic heterocycles. The summed E-state index contributed by atoms with van der Waals surface area (Å²) in [7, 11) is 0. The first-order valence-corrected chi connectivity index (χ1v) is 9.01. The second-order valence-electron chi connectivity index (χ2n) is 6.86. The zero-order valence-electron chi connectivity index (χ0n) is 17.1. The number of benzene rings is 1. The summed E-state index contributed by atoms with van der Waals surface area (Å²) in [6, 6.07) is 6.56. The van der Waals surface area contributed by atoms with Gasteiger partial charge in [-0.2, -0.15) is 0 Å². The Morgan fingerprint density at radius 3 is 1.93 bits per heavy atom. The van der Waals surface area contributed by atoms with E-state index in [9.17, 15) is 9.59 Å². The third-order valence-corrected chi connectivity index (χ3v) is 4.22. The number of esters is 2. The van der Waals surface area contributed by atoms with E-state index < -0.39 is 24.0 Å². The molecule has 1 aromatic carbocycles. The second-order valence-corrected chi connectivity index (χ2v) is 6.86. The molecule has 0 spiro atoms. The highest BCUT2D eigenvalue weighted by Crippen LogP contribution is 2.37. The lowest BCUT2D eigenvalue weighted by Crippen LogP contribution is -2.34. The Morgan fingerprint density at radius 2 is 1.52 bits per heavy atom. The Balaban J connectivity index is 0.000000337. The van der Waals surface area contributed by atoms with Gasteiger partial charge in [0, 0.05) is 13.3 Å². The first kappa shape index (κ1) is 22.4. The molecule has 146 valence electrons. The highest BCUT2D eigenvalue weighted by atomic mass is 16.5. The van der Waals surface area contributed by atoms with Gasteiger partial charge in [0.05, 0.1) is 6.61 Å². The summed E-state index contributed by atoms with van der Waals surface area (Å²) in [6.45, 7) is 21.2. The van der Waals surface area contributed by atoms with Crippen LogP contribution in [-0.2, 0) is 19.1 Å². The molecule has 0 amide bonds. The number of hydrogen-bond acceptors (Lipinski definition) is 4. The standard InChI is InChI=1S/C14H18O4.C9H12/c1-6-17-14(16)13-9(3)8(2)7-12(10(13)4)18-11(5)15;1-7-4-8(2)6-9(3)5-7/h12-13H,2-4,6-7H2,1,5H3;4-6H,1-3H3. The van der Waals surface area contributed by atoms with E-state index in [1.54, 1.807) is 6.92 Å². The molecular weight excluding hydrogens is 340 g/mol. The SMILES string of the molecule is C=C1CC(OC(C)=O)C(=C)C(C(=O)OCC)C1=C.Cc1cc(C)cc(C)c1. The van der Waals surface area contributed by atoms with Gasteiger partial charge in [0.25, 0.3) is 0 Å². The van der Waals surface area contributed by atoms with Gasteiger partial charge in [0.15, 0.2) is 0 Å². The first-order valence-electron chi connectivity index (χ1n) is 9.01. The zero-order chi connectivity index (χ0) is 20.7. The summed E-state index contributed by atoms with van der Waals surface area (Å²) >= 11 is 0. The molecule has 2 unspecified atom stereocenters. The number of aryl methyl sites for hydroxylation is 3. The van der Waals surface area contributed by atoms with Gasteiger partial charge in [0.1, 0.15) is 12.0 Å². The van der Waals surface area contributed by atoms with Crippen LogP contribution in [0.15, 0.2) is 54.7 Å². The molecule has 1 aliphatic carbocycles. The van der Waals surface area contributed by atoms with E-state index in [1.165, 1.54) is 23.6 Å². The van der Waals surface area contributed by atoms with Gasteiger partial charge in [-0.3, -0.25) is 9.59 Å². The summed E-state index contributed by atoms with van der Waals surface area (Å²) in [6.07, 6.45) is -0.109. The Bertz CT molecular complexity index is 707. The topological polar surface area (TPSA) is 52.6 Å². The van der Waals surface area contributed by atoms with Crippen molar-refractivity contribution in [2.75, 3.05) is 6.61 Å². The minimum absolute atomic E-state index is 0.278. The van der Waals surface area contributed by atoms with Crippen LogP contribution < -0.4 is 0 Å². The smallest absolute Gasteiger partial charge is 0.317 e. The number of carbonyl (C=O) groups excluding carboxylic acids is 2. The van der Waals surface area contributed by atoms with Crippen LogP contribution in [0.2, 0.25) is 0 Å². The molecule has 0 saturated heterocycles. The van der Waals surface area contributed by atoms with Crippen LogP contribution in [0, 0.1) is 26.7 Å². The summed E-state index contributed by atoms with van der Waals surface area (Å²) in [4.78, 5) is 22.9. The average Bonchev–Trinajstić information content (AvgIpc) is 2.52. The van der Waals surface area contributed by atoms with Crippen molar-refractivity contribution >= 4 is 11.9 Å². The fourth-order valence-corrected chi connectivity index (χ4v) is 3.14. The molecule has 2 atom stereocenters. The highest BCUT2D eigenvalue weighted by Gasteiger charge is 2.37. The van der Waals surface area contributed by atoms with E-state index in [2.05, 4.69) is 58.7 Å². The summed E-state index contributed by atoms with van der Waals surface area (Å²) in [5.74, 6) is -1.51. The van der Waals surface area contributed by atoms with E-state index in [0.717, 1.165) is 0 Å². The third-order valence-electron chi connectivity index (χ3n) is 4.22. The predicted molar refractivity (Wildman–Crippen MR) is 108 cm³/mol. The Morgan fingerprint density at radius 1 is 1.04 bits per heavy atom. The molecular formula is C23H30O4. The fourth-order valence-electron chi connectivity index (χ4n) is 3.14. The van der Waals surface area contributed by atoms with Crippen LogP contribution >= 0.6 is 0 Å². The van der Waals surface area contributed by atoms with Gasteiger partial charge in [-0.1, -0.05) is 54.6 Å². The maximum Gasteiger partial charge on any atom is 0.317 e. The van der Waals surface area contributed by atoms with Crippen LogP contribution in [0.5, 0.6) is 0 Å². The molecule has 1 fully saturated rings. The largest absolute Gasteiger partial charge is 0.465 e. The molecule has 0 heterocycles. The predicted octanol–water partition coefficient (Wildman–Crippen LogP) is 4.78. The molecule has 1 aromatic rings.